The Bertz CT molecular complexity index is 130. The Morgan fingerprint density at radius 2 is 2.00 bits per heavy atom. The van der Waals surface area contributed by atoms with E-state index < -0.39 is 0 Å². The Morgan fingerprint density at radius 1 is 1.33 bits per heavy atom. The van der Waals surface area contributed by atoms with Crippen molar-refractivity contribution in [3.63, 3.8) is 0 Å². The summed E-state index contributed by atoms with van der Waals surface area (Å²) in [5, 5.41) is 0. The smallest absolute Gasteiger partial charge is 0.133 e. The lowest BCUT2D eigenvalue weighted by Gasteiger charge is -2.31. The first-order valence-corrected chi connectivity index (χ1v) is 5.06. The first-order chi connectivity index (χ1) is 5.88. The van der Waals surface area contributed by atoms with Gasteiger partial charge in [-0.3, -0.25) is 4.90 Å². The van der Waals surface area contributed by atoms with Crippen LogP contribution in [0.2, 0.25) is 0 Å². The SMILES string of the molecule is CCN(CC=O)C1CCCCC1. The molecule has 0 radical (unpaired) electrons. The van der Waals surface area contributed by atoms with Crippen LogP contribution in [0.3, 0.4) is 0 Å². The normalized spacial score (nSPS) is 19.8. The lowest BCUT2D eigenvalue weighted by Crippen LogP contribution is -2.37. The lowest BCUT2D eigenvalue weighted by atomic mass is 9.94. The number of carbonyl (C=O) groups is 1. The maximum atomic E-state index is 10.4. The predicted molar refractivity (Wildman–Crippen MR) is 50.2 cm³/mol. The van der Waals surface area contributed by atoms with Gasteiger partial charge in [-0.05, 0) is 19.4 Å². The van der Waals surface area contributed by atoms with Gasteiger partial charge in [-0.15, -0.1) is 0 Å². The molecule has 1 aliphatic carbocycles. The van der Waals surface area contributed by atoms with Gasteiger partial charge in [0.1, 0.15) is 6.29 Å². The molecule has 0 bridgehead atoms. The molecule has 2 heteroatoms. The highest BCUT2D eigenvalue weighted by atomic mass is 16.1. The first-order valence-electron chi connectivity index (χ1n) is 5.06. The maximum absolute atomic E-state index is 10.4. The zero-order valence-corrected chi connectivity index (χ0v) is 7.96. The van der Waals surface area contributed by atoms with E-state index in [-0.39, 0.29) is 0 Å². The van der Waals surface area contributed by atoms with E-state index in [0.29, 0.717) is 12.6 Å². The van der Waals surface area contributed by atoms with E-state index >= 15 is 0 Å². The maximum Gasteiger partial charge on any atom is 0.133 e. The molecule has 1 rings (SSSR count). The molecule has 1 fully saturated rings. The third-order valence-corrected chi connectivity index (χ3v) is 2.81. The fourth-order valence-electron chi connectivity index (χ4n) is 2.08. The molecule has 0 atom stereocenters. The van der Waals surface area contributed by atoms with Crippen LogP contribution in [0.15, 0.2) is 0 Å². The van der Waals surface area contributed by atoms with E-state index in [1.165, 1.54) is 32.1 Å². The average Bonchev–Trinajstić information content (AvgIpc) is 2.15. The van der Waals surface area contributed by atoms with Crippen molar-refractivity contribution in [3.8, 4) is 0 Å². The van der Waals surface area contributed by atoms with Crippen molar-refractivity contribution in [3.05, 3.63) is 0 Å². The fourth-order valence-corrected chi connectivity index (χ4v) is 2.08. The summed E-state index contributed by atoms with van der Waals surface area (Å²) in [4.78, 5) is 12.7. The molecule has 0 aromatic carbocycles. The van der Waals surface area contributed by atoms with Crippen LogP contribution in [0.4, 0.5) is 0 Å². The molecule has 0 saturated heterocycles. The number of hydrogen-bond acceptors (Lipinski definition) is 2. The minimum absolute atomic E-state index is 0.626. The van der Waals surface area contributed by atoms with Crippen LogP contribution in [-0.2, 0) is 4.79 Å². The third-order valence-electron chi connectivity index (χ3n) is 2.81. The first kappa shape index (κ1) is 9.72. The molecule has 70 valence electrons. The van der Waals surface area contributed by atoms with Crippen LogP contribution >= 0.6 is 0 Å². The molecular formula is C10H19NO. The quantitative estimate of drug-likeness (QED) is 0.598. The average molecular weight is 169 g/mol. The van der Waals surface area contributed by atoms with E-state index in [1.807, 2.05) is 0 Å². The van der Waals surface area contributed by atoms with Gasteiger partial charge in [0.15, 0.2) is 0 Å². The Labute approximate surface area is 74.9 Å². The Balaban J connectivity index is 2.34. The van der Waals surface area contributed by atoms with Gasteiger partial charge in [0.2, 0.25) is 0 Å². The fraction of sp³-hybridized carbons (Fsp3) is 0.900. The minimum atomic E-state index is 0.626. The number of aldehydes is 1. The standard InChI is InChI=1S/C10H19NO/c1-2-11(8-9-12)10-6-4-3-5-7-10/h9-10H,2-8H2,1H3. The summed E-state index contributed by atoms with van der Waals surface area (Å²) in [5.74, 6) is 0. The largest absolute Gasteiger partial charge is 0.302 e. The number of rotatable bonds is 4. The van der Waals surface area contributed by atoms with Crippen molar-refractivity contribution in [1.82, 2.24) is 4.90 Å². The molecule has 0 unspecified atom stereocenters. The van der Waals surface area contributed by atoms with Crippen LogP contribution in [0, 0.1) is 0 Å². The van der Waals surface area contributed by atoms with Crippen LogP contribution in [0.5, 0.6) is 0 Å². The number of nitrogens with zero attached hydrogens (tertiary/aromatic N) is 1. The Hall–Kier alpha value is -0.370. The second-order valence-corrected chi connectivity index (χ2v) is 3.55. The zero-order chi connectivity index (χ0) is 8.81. The minimum Gasteiger partial charge on any atom is -0.302 e. The summed E-state index contributed by atoms with van der Waals surface area (Å²) in [7, 11) is 0. The van der Waals surface area contributed by atoms with E-state index in [0.717, 1.165) is 12.8 Å². The van der Waals surface area contributed by atoms with E-state index in [2.05, 4.69) is 11.8 Å². The Morgan fingerprint density at radius 3 is 2.50 bits per heavy atom. The molecule has 0 N–H and O–H groups in total. The van der Waals surface area contributed by atoms with Crippen LogP contribution in [0.1, 0.15) is 39.0 Å². The highest BCUT2D eigenvalue weighted by molar-refractivity contribution is 5.52. The van der Waals surface area contributed by atoms with Gasteiger partial charge >= 0.3 is 0 Å². The van der Waals surface area contributed by atoms with Crippen molar-refractivity contribution in [2.75, 3.05) is 13.1 Å². The second kappa shape index (κ2) is 5.31. The molecule has 1 saturated carbocycles. The summed E-state index contributed by atoms with van der Waals surface area (Å²) in [5.41, 5.74) is 0. The Kier molecular flexibility index (Phi) is 4.30. The van der Waals surface area contributed by atoms with Crippen LogP contribution < -0.4 is 0 Å². The van der Waals surface area contributed by atoms with E-state index in [9.17, 15) is 4.79 Å². The zero-order valence-electron chi connectivity index (χ0n) is 7.96. The number of likely N-dealkylation sites (N-methyl/N-ethyl adjacent to an activating group) is 1. The van der Waals surface area contributed by atoms with Gasteiger partial charge in [-0.25, -0.2) is 0 Å². The molecule has 0 spiro atoms. The number of hydrogen-bond donors (Lipinski definition) is 0. The van der Waals surface area contributed by atoms with Crippen molar-refractivity contribution in [2.45, 2.75) is 45.1 Å². The molecule has 12 heavy (non-hydrogen) atoms. The lowest BCUT2D eigenvalue weighted by molar-refractivity contribution is -0.109. The van der Waals surface area contributed by atoms with Gasteiger partial charge in [-0.1, -0.05) is 26.2 Å². The molecule has 2 nitrogen and oxygen atoms in total. The molecule has 0 amide bonds. The summed E-state index contributed by atoms with van der Waals surface area (Å²) < 4.78 is 0. The summed E-state index contributed by atoms with van der Waals surface area (Å²) in [6.45, 7) is 3.78. The van der Waals surface area contributed by atoms with E-state index in [1.54, 1.807) is 0 Å². The van der Waals surface area contributed by atoms with Gasteiger partial charge in [0.25, 0.3) is 0 Å². The monoisotopic (exact) mass is 169 g/mol. The van der Waals surface area contributed by atoms with Gasteiger partial charge in [0.05, 0.1) is 6.54 Å². The topological polar surface area (TPSA) is 20.3 Å². The predicted octanol–water partition coefficient (Wildman–Crippen LogP) is 1.84. The van der Waals surface area contributed by atoms with Crippen molar-refractivity contribution in [2.24, 2.45) is 0 Å². The molecule has 0 heterocycles. The van der Waals surface area contributed by atoms with Gasteiger partial charge < -0.3 is 4.79 Å². The summed E-state index contributed by atoms with van der Waals surface area (Å²) >= 11 is 0. The molecule has 0 aromatic heterocycles. The van der Waals surface area contributed by atoms with Gasteiger partial charge in [-0.2, -0.15) is 0 Å². The number of carbonyl (C=O) groups excluding carboxylic acids is 1. The van der Waals surface area contributed by atoms with Crippen molar-refractivity contribution >= 4 is 6.29 Å². The van der Waals surface area contributed by atoms with Crippen LogP contribution in [-0.4, -0.2) is 30.3 Å². The second-order valence-electron chi connectivity index (χ2n) is 3.55. The molecule has 0 aliphatic heterocycles. The highest BCUT2D eigenvalue weighted by Gasteiger charge is 2.18. The van der Waals surface area contributed by atoms with E-state index in [4.69, 9.17) is 0 Å². The van der Waals surface area contributed by atoms with Crippen LogP contribution in [0.25, 0.3) is 0 Å². The van der Waals surface area contributed by atoms with Crippen molar-refractivity contribution < 1.29 is 4.79 Å². The molecule has 1 aliphatic rings. The summed E-state index contributed by atoms with van der Waals surface area (Å²) in [6.07, 6.45) is 7.69. The highest BCUT2D eigenvalue weighted by Crippen LogP contribution is 2.21. The molecule has 0 aromatic rings. The van der Waals surface area contributed by atoms with Gasteiger partial charge in [0, 0.05) is 6.04 Å². The van der Waals surface area contributed by atoms with Crippen molar-refractivity contribution in [1.29, 1.82) is 0 Å². The summed E-state index contributed by atoms with van der Waals surface area (Å²) in [6, 6.07) is 0.689. The third kappa shape index (κ3) is 2.59. The molecular weight excluding hydrogens is 150 g/mol.